The van der Waals surface area contributed by atoms with Crippen molar-refractivity contribution in [1.82, 2.24) is 4.98 Å². The van der Waals surface area contributed by atoms with Crippen LogP contribution in [0.4, 0.5) is 0 Å². The van der Waals surface area contributed by atoms with Crippen LogP contribution in [-0.2, 0) is 0 Å². The predicted molar refractivity (Wildman–Crippen MR) is 43.4 cm³/mol. The third-order valence-corrected chi connectivity index (χ3v) is 1.19. The molecule has 0 aliphatic carbocycles. The number of nitrogens with two attached hydrogens (primary N) is 1. The van der Waals surface area contributed by atoms with Crippen molar-refractivity contribution in [3.05, 3.63) is 24.0 Å². The number of hydrogen-bond donors (Lipinski definition) is 2. The van der Waals surface area contributed by atoms with Gasteiger partial charge in [-0.05, 0) is 0 Å². The maximum absolute atomic E-state index is 7.07. The zero-order valence-corrected chi connectivity index (χ0v) is 5.76. The molecule has 0 amide bonds. The maximum atomic E-state index is 7.07. The lowest BCUT2D eigenvalue weighted by Crippen LogP contribution is -2.15. The van der Waals surface area contributed by atoms with Gasteiger partial charge in [-0.25, -0.2) is 0 Å². The molecule has 3 nitrogen and oxygen atoms in total. The summed E-state index contributed by atoms with van der Waals surface area (Å²) >= 11 is 0. The van der Waals surface area contributed by atoms with Gasteiger partial charge >= 0.3 is 0 Å². The first-order valence-electron chi connectivity index (χ1n) is 2.96. The van der Waals surface area contributed by atoms with Crippen LogP contribution in [-0.4, -0.2) is 18.7 Å². The summed E-state index contributed by atoms with van der Waals surface area (Å²) in [5.41, 5.74) is 6.93. The third-order valence-electron chi connectivity index (χ3n) is 1.19. The van der Waals surface area contributed by atoms with Crippen molar-refractivity contribution >= 4 is 19.1 Å². The molecule has 0 unspecified atom stereocenters. The van der Waals surface area contributed by atoms with Crippen molar-refractivity contribution in [2.75, 3.05) is 0 Å². The molecule has 1 aromatic rings. The molecule has 0 aliphatic heterocycles. The Morgan fingerprint density at radius 3 is 2.70 bits per heavy atom. The number of nitrogens with zero attached hydrogens (tertiary/aromatic N) is 1. The fourth-order valence-corrected chi connectivity index (χ4v) is 0.702. The molecule has 3 N–H and O–H groups in total. The van der Waals surface area contributed by atoms with Gasteiger partial charge < -0.3 is 5.73 Å². The van der Waals surface area contributed by atoms with Gasteiger partial charge in [-0.1, -0.05) is 11.5 Å². The van der Waals surface area contributed by atoms with Gasteiger partial charge in [0, 0.05) is 18.0 Å². The van der Waals surface area contributed by atoms with Crippen molar-refractivity contribution < 1.29 is 0 Å². The molecule has 0 bridgehead atoms. The quantitative estimate of drug-likeness (QED) is 0.282. The van der Waals surface area contributed by atoms with Gasteiger partial charge in [0.1, 0.15) is 13.7 Å². The Balaban J connectivity index is 3.07. The molecular weight excluding hydrogens is 125 g/mol. The van der Waals surface area contributed by atoms with E-state index in [9.17, 15) is 0 Å². The normalized spacial score (nSPS) is 9.20. The second kappa shape index (κ2) is 2.52. The molecule has 0 atom stereocenters. The highest BCUT2D eigenvalue weighted by atomic mass is 14.7. The van der Waals surface area contributed by atoms with Crippen LogP contribution in [0.15, 0.2) is 18.5 Å². The molecule has 0 radical (unpaired) electrons. The van der Waals surface area contributed by atoms with Crippen LogP contribution in [0.25, 0.3) is 0 Å². The van der Waals surface area contributed by atoms with Gasteiger partial charge in [-0.15, -0.1) is 0 Å². The highest BCUT2D eigenvalue weighted by Crippen LogP contribution is 1.89. The first-order valence-corrected chi connectivity index (χ1v) is 2.96. The van der Waals surface area contributed by atoms with Crippen LogP contribution in [0.1, 0.15) is 5.56 Å². The molecule has 0 fully saturated rings. The highest BCUT2D eigenvalue weighted by molar-refractivity contribution is 6.32. The zero-order valence-electron chi connectivity index (χ0n) is 5.76. The first kappa shape index (κ1) is 6.80. The minimum atomic E-state index is 0.0659. The fraction of sp³-hybridized carbons (Fsp3) is 0. The molecule has 1 aromatic heterocycles. The van der Waals surface area contributed by atoms with Crippen molar-refractivity contribution in [2.45, 2.75) is 0 Å². The molecule has 1 rings (SSSR count). The van der Waals surface area contributed by atoms with Crippen molar-refractivity contribution in [3.8, 4) is 0 Å². The number of rotatable bonds is 1. The molecule has 0 saturated carbocycles. The molecule has 0 saturated heterocycles. The Morgan fingerprint density at radius 2 is 2.30 bits per heavy atom. The lowest BCUT2D eigenvalue weighted by molar-refractivity contribution is 1.31. The van der Waals surface area contributed by atoms with Crippen molar-refractivity contribution in [3.63, 3.8) is 0 Å². The standard InChI is InChI=1S/C6H8BN3/c7-5-1-4(6(8)9)2-10-3-5/h1-3H,7H2,(H3,8,9). The van der Waals surface area contributed by atoms with E-state index >= 15 is 0 Å². The summed E-state index contributed by atoms with van der Waals surface area (Å²) in [6, 6.07) is 1.83. The summed E-state index contributed by atoms with van der Waals surface area (Å²) in [4.78, 5) is 3.88. The third kappa shape index (κ3) is 1.34. The number of nitrogens with one attached hydrogen (secondary N) is 1. The predicted octanol–water partition coefficient (Wildman–Crippen LogP) is -1.38. The number of nitrogen functional groups attached to an aromatic ring is 1. The summed E-state index contributed by atoms with van der Waals surface area (Å²) in [5.74, 6) is 0.0659. The first-order chi connectivity index (χ1) is 4.70. The van der Waals surface area contributed by atoms with E-state index in [1.807, 2.05) is 13.9 Å². The van der Waals surface area contributed by atoms with E-state index in [0.29, 0.717) is 5.56 Å². The lowest BCUT2D eigenvalue weighted by Gasteiger charge is -1.96. The minimum absolute atomic E-state index is 0.0659. The van der Waals surface area contributed by atoms with Crippen molar-refractivity contribution in [1.29, 1.82) is 5.41 Å². The van der Waals surface area contributed by atoms with Crippen LogP contribution in [0.2, 0.25) is 0 Å². The van der Waals surface area contributed by atoms with Gasteiger partial charge in [0.2, 0.25) is 0 Å². The zero-order chi connectivity index (χ0) is 7.56. The van der Waals surface area contributed by atoms with E-state index in [0.717, 1.165) is 5.46 Å². The Morgan fingerprint density at radius 1 is 1.60 bits per heavy atom. The highest BCUT2D eigenvalue weighted by Gasteiger charge is 1.94. The number of amidine groups is 1. The van der Waals surface area contributed by atoms with Crippen molar-refractivity contribution in [2.24, 2.45) is 5.73 Å². The molecule has 1 heterocycles. The summed E-state index contributed by atoms with van der Waals surface area (Å²) in [6.45, 7) is 0. The van der Waals surface area contributed by atoms with Crippen LogP contribution in [0.5, 0.6) is 0 Å². The van der Waals surface area contributed by atoms with E-state index in [4.69, 9.17) is 11.1 Å². The SMILES string of the molecule is Bc1cncc(C(=N)N)c1. The van der Waals surface area contributed by atoms with Crippen LogP contribution in [0.3, 0.4) is 0 Å². The van der Waals surface area contributed by atoms with E-state index in [-0.39, 0.29) is 5.84 Å². The summed E-state index contributed by atoms with van der Waals surface area (Å²) in [7, 11) is 1.92. The largest absolute Gasteiger partial charge is 0.384 e. The summed E-state index contributed by atoms with van der Waals surface area (Å²) in [5, 5.41) is 7.07. The second-order valence-corrected chi connectivity index (χ2v) is 2.16. The van der Waals surface area contributed by atoms with Crippen LogP contribution in [0, 0.1) is 5.41 Å². The molecule has 0 aliphatic rings. The second-order valence-electron chi connectivity index (χ2n) is 2.16. The fourth-order valence-electron chi connectivity index (χ4n) is 0.702. The molecule has 0 aromatic carbocycles. The van der Waals surface area contributed by atoms with Gasteiger partial charge in [0.05, 0.1) is 0 Å². The van der Waals surface area contributed by atoms with E-state index < -0.39 is 0 Å². The molecule has 10 heavy (non-hydrogen) atoms. The van der Waals surface area contributed by atoms with Crippen LogP contribution < -0.4 is 11.2 Å². The maximum Gasteiger partial charge on any atom is 0.141 e. The summed E-state index contributed by atoms with van der Waals surface area (Å²) in [6.07, 6.45) is 3.31. The average molecular weight is 133 g/mol. The van der Waals surface area contributed by atoms with Crippen LogP contribution >= 0.6 is 0 Å². The smallest absolute Gasteiger partial charge is 0.141 e. The minimum Gasteiger partial charge on any atom is -0.384 e. The molecule has 0 spiro atoms. The number of aromatic nitrogens is 1. The Kier molecular flexibility index (Phi) is 1.71. The van der Waals surface area contributed by atoms with E-state index in [2.05, 4.69) is 4.98 Å². The lowest BCUT2D eigenvalue weighted by atomic mass is 9.97. The van der Waals surface area contributed by atoms with E-state index in [1.54, 1.807) is 12.4 Å². The number of hydrogen-bond acceptors (Lipinski definition) is 2. The number of pyridine rings is 1. The molecular formula is C6H8BN3. The van der Waals surface area contributed by atoms with Gasteiger partial charge in [0.25, 0.3) is 0 Å². The molecule has 4 heteroatoms. The van der Waals surface area contributed by atoms with Gasteiger partial charge in [0.15, 0.2) is 0 Å². The monoisotopic (exact) mass is 133 g/mol. The topological polar surface area (TPSA) is 62.8 Å². The Bertz CT molecular complexity index is 259. The molecule has 50 valence electrons. The Hall–Kier alpha value is -1.32. The Labute approximate surface area is 60.2 Å². The van der Waals surface area contributed by atoms with Gasteiger partial charge in [-0.3, -0.25) is 10.4 Å². The summed E-state index contributed by atoms with van der Waals surface area (Å²) < 4.78 is 0. The van der Waals surface area contributed by atoms with Gasteiger partial charge in [-0.2, -0.15) is 0 Å². The average Bonchev–Trinajstić information content (AvgIpc) is 1.88. The van der Waals surface area contributed by atoms with E-state index in [1.165, 1.54) is 0 Å².